The van der Waals surface area contributed by atoms with Gasteiger partial charge in [-0.05, 0) is 19.3 Å². The molecule has 0 radical (unpaired) electrons. The lowest BCUT2D eigenvalue weighted by Gasteiger charge is -2.18. The van der Waals surface area contributed by atoms with Gasteiger partial charge in [0.15, 0.2) is 6.10 Å². The maximum atomic E-state index is 12.7. The van der Waals surface area contributed by atoms with Crippen molar-refractivity contribution < 1.29 is 28.6 Å². The molecule has 0 bridgehead atoms. The minimum Gasteiger partial charge on any atom is -0.462 e. The van der Waals surface area contributed by atoms with E-state index in [2.05, 4.69) is 20.8 Å². The summed E-state index contributed by atoms with van der Waals surface area (Å²) in [7, 11) is 0. The van der Waals surface area contributed by atoms with E-state index in [9.17, 15) is 14.4 Å². The SMILES string of the molecule is CCCCCCCCCCCCCCCCCCCC(=O)OC[C@@H](COC(=O)CCCCCCC)OC(=O)CCCCCCCCCCCCCCC. The second-order valence-electron chi connectivity index (χ2n) is 16.0. The lowest BCUT2D eigenvalue weighted by Crippen LogP contribution is -2.30. The number of rotatable bonds is 43. The number of carbonyl (C=O) groups excluding carboxylic acids is 3. The number of esters is 3. The third kappa shape index (κ3) is 41.4. The molecule has 6 heteroatoms. The maximum absolute atomic E-state index is 12.7. The quantitative estimate of drug-likeness (QED) is 0.0351. The maximum Gasteiger partial charge on any atom is 0.306 e. The molecule has 0 aliphatic carbocycles. The molecule has 0 amide bonds. The highest BCUT2D eigenvalue weighted by Gasteiger charge is 2.19. The predicted molar refractivity (Wildman–Crippen MR) is 224 cm³/mol. The Labute approximate surface area is 329 Å². The van der Waals surface area contributed by atoms with Gasteiger partial charge in [0.1, 0.15) is 13.2 Å². The zero-order valence-electron chi connectivity index (χ0n) is 35.8. The lowest BCUT2D eigenvalue weighted by atomic mass is 10.0. The molecular weight excluding hydrogens is 661 g/mol. The monoisotopic (exact) mass is 751 g/mol. The third-order valence-electron chi connectivity index (χ3n) is 10.6. The van der Waals surface area contributed by atoms with Gasteiger partial charge in [0.2, 0.25) is 0 Å². The van der Waals surface area contributed by atoms with Crippen LogP contribution in [0.2, 0.25) is 0 Å². The van der Waals surface area contributed by atoms with Crippen molar-refractivity contribution in [3.63, 3.8) is 0 Å². The molecular formula is C47H90O6. The van der Waals surface area contributed by atoms with Crippen molar-refractivity contribution in [3.05, 3.63) is 0 Å². The molecule has 0 rings (SSSR count). The molecule has 314 valence electrons. The summed E-state index contributed by atoms with van der Waals surface area (Å²) in [5, 5.41) is 0. The van der Waals surface area contributed by atoms with Crippen LogP contribution in [0, 0.1) is 0 Å². The van der Waals surface area contributed by atoms with Crippen molar-refractivity contribution in [1.29, 1.82) is 0 Å². The minimum absolute atomic E-state index is 0.0636. The Hall–Kier alpha value is -1.59. The van der Waals surface area contributed by atoms with Gasteiger partial charge in [0, 0.05) is 19.3 Å². The molecule has 53 heavy (non-hydrogen) atoms. The fourth-order valence-electron chi connectivity index (χ4n) is 7.03. The van der Waals surface area contributed by atoms with E-state index < -0.39 is 6.10 Å². The molecule has 0 saturated heterocycles. The van der Waals surface area contributed by atoms with Gasteiger partial charge < -0.3 is 14.2 Å². The van der Waals surface area contributed by atoms with Crippen LogP contribution < -0.4 is 0 Å². The summed E-state index contributed by atoms with van der Waals surface area (Å²) in [5.41, 5.74) is 0. The van der Waals surface area contributed by atoms with Crippen molar-refractivity contribution in [3.8, 4) is 0 Å². The van der Waals surface area contributed by atoms with Gasteiger partial charge in [-0.2, -0.15) is 0 Å². The first-order valence-electron chi connectivity index (χ1n) is 23.5. The van der Waals surface area contributed by atoms with E-state index in [1.807, 2.05) is 0 Å². The predicted octanol–water partition coefficient (Wildman–Crippen LogP) is 14.9. The molecule has 0 heterocycles. The van der Waals surface area contributed by atoms with Crippen LogP contribution >= 0.6 is 0 Å². The lowest BCUT2D eigenvalue weighted by molar-refractivity contribution is -0.167. The highest BCUT2D eigenvalue weighted by molar-refractivity contribution is 5.71. The Morgan fingerprint density at radius 3 is 0.755 bits per heavy atom. The summed E-state index contributed by atoms with van der Waals surface area (Å²) in [6.07, 6.45) is 44.0. The molecule has 0 spiro atoms. The molecule has 1 atom stereocenters. The van der Waals surface area contributed by atoms with Gasteiger partial charge in [-0.3, -0.25) is 14.4 Å². The zero-order valence-corrected chi connectivity index (χ0v) is 35.8. The smallest absolute Gasteiger partial charge is 0.306 e. The first-order valence-corrected chi connectivity index (χ1v) is 23.5. The highest BCUT2D eigenvalue weighted by atomic mass is 16.6. The molecule has 0 aliphatic heterocycles. The first-order chi connectivity index (χ1) is 26.0. The first kappa shape index (κ1) is 51.4. The van der Waals surface area contributed by atoms with Crippen molar-refractivity contribution in [2.24, 2.45) is 0 Å². The molecule has 6 nitrogen and oxygen atoms in total. The second kappa shape index (κ2) is 43.1. The summed E-state index contributed by atoms with van der Waals surface area (Å²) in [6.45, 7) is 6.58. The topological polar surface area (TPSA) is 78.9 Å². The molecule has 0 aromatic rings. The largest absolute Gasteiger partial charge is 0.462 e. The van der Waals surface area contributed by atoms with Crippen molar-refractivity contribution >= 4 is 17.9 Å². The number of hydrogen-bond donors (Lipinski definition) is 0. The molecule has 0 N–H and O–H groups in total. The fourth-order valence-corrected chi connectivity index (χ4v) is 7.03. The van der Waals surface area contributed by atoms with Crippen LogP contribution in [-0.4, -0.2) is 37.2 Å². The van der Waals surface area contributed by atoms with Crippen LogP contribution in [0.1, 0.15) is 265 Å². The van der Waals surface area contributed by atoms with E-state index in [0.29, 0.717) is 19.3 Å². The average Bonchev–Trinajstić information content (AvgIpc) is 3.15. The van der Waals surface area contributed by atoms with Crippen molar-refractivity contribution in [2.75, 3.05) is 13.2 Å². The van der Waals surface area contributed by atoms with E-state index in [1.54, 1.807) is 0 Å². The van der Waals surface area contributed by atoms with E-state index >= 15 is 0 Å². The molecule has 0 unspecified atom stereocenters. The Kier molecular flexibility index (Phi) is 41.8. The van der Waals surface area contributed by atoms with Gasteiger partial charge in [0.25, 0.3) is 0 Å². The molecule has 0 fully saturated rings. The summed E-state index contributed by atoms with van der Waals surface area (Å²) < 4.78 is 16.6. The number of carbonyl (C=O) groups is 3. The van der Waals surface area contributed by atoms with Crippen LogP contribution in [0.5, 0.6) is 0 Å². The Morgan fingerprint density at radius 1 is 0.302 bits per heavy atom. The van der Waals surface area contributed by atoms with Gasteiger partial charge in [-0.1, -0.05) is 226 Å². The number of unbranched alkanes of at least 4 members (excludes halogenated alkanes) is 32. The number of hydrogen-bond acceptors (Lipinski definition) is 6. The summed E-state index contributed by atoms with van der Waals surface area (Å²) in [6, 6.07) is 0. The van der Waals surface area contributed by atoms with Crippen LogP contribution in [0.15, 0.2) is 0 Å². The zero-order chi connectivity index (χ0) is 38.7. The standard InChI is InChI=1S/C47H90O6/c1-4-7-10-13-15-17-19-21-22-23-24-26-27-29-31-34-37-40-46(49)52-43-44(42-51-45(48)39-36-33-12-9-6-3)53-47(50)41-38-35-32-30-28-25-20-18-16-14-11-8-5-2/h44H,4-43H2,1-3H3/t44-/m1/s1. The van der Waals surface area contributed by atoms with E-state index in [1.165, 1.54) is 161 Å². The van der Waals surface area contributed by atoms with Gasteiger partial charge in [0.05, 0.1) is 0 Å². The normalized spacial score (nSPS) is 11.8. The third-order valence-corrected chi connectivity index (χ3v) is 10.6. The minimum atomic E-state index is -0.756. The summed E-state index contributed by atoms with van der Waals surface area (Å²) in [5.74, 6) is -0.863. The van der Waals surface area contributed by atoms with Crippen LogP contribution in [-0.2, 0) is 28.6 Å². The molecule has 0 aliphatic rings. The van der Waals surface area contributed by atoms with Gasteiger partial charge in [-0.15, -0.1) is 0 Å². The highest BCUT2D eigenvalue weighted by Crippen LogP contribution is 2.16. The Morgan fingerprint density at radius 2 is 0.509 bits per heavy atom. The Balaban J connectivity index is 4.13. The molecule has 0 saturated carbocycles. The summed E-state index contributed by atoms with van der Waals surface area (Å²) >= 11 is 0. The van der Waals surface area contributed by atoms with Crippen LogP contribution in [0.25, 0.3) is 0 Å². The van der Waals surface area contributed by atoms with E-state index in [4.69, 9.17) is 14.2 Å². The fraction of sp³-hybridized carbons (Fsp3) is 0.936. The van der Waals surface area contributed by atoms with Crippen LogP contribution in [0.3, 0.4) is 0 Å². The second-order valence-corrected chi connectivity index (χ2v) is 16.0. The van der Waals surface area contributed by atoms with Crippen molar-refractivity contribution in [2.45, 2.75) is 271 Å². The van der Waals surface area contributed by atoms with Gasteiger partial charge in [-0.25, -0.2) is 0 Å². The van der Waals surface area contributed by atoms with Crippen LogP contribution in [0.4, 0.5) is 0 Å². The number of ether oxygens (including phenoxy) is 3. The molecule has 0 aromatic heterocycles. The van der Waals surface area contributed by atoms with E-state index in [-0.39, 0.29) is 31.1 Å². The van der Waals surface area contributed by atoms with E-state index in [0.717, 1.165) is 64.2 Å². The van der Waals surface area contributed by atoms with Crippen molar-refractivity contribution in [1.82, 2.24) is 0 Å². The van der Waals surface area contributed by atoms with Gasteiger partial charge >= 0.3 is 17.9 Å². The Bertz CT molecular complexity index is 783. The average molecular weight is 751 g/mol. The molecule has 0 aromatic carbocycles. The summed E-state index contributed by atoms with van der Waals surface area (Å²) in [4.78, 5) is 37.5.